The fourth-order valence-electron chi connectivity index (χ4n) is 1.87. The van der Waals surface area contributed by atoms with Crippen molar-refractivity contribution in [3.05, 3.63) is 0 Å². The molecule has 0 aromatic carbocycles. The summed E-state index contributed by atoms with van der Waals surface area (Å²) < 4.78 is 10.4. The number of urea groups is 1. The highest BCUT2D eigenvalue weighted by molar-refractivity contribution is 5.86. The molecule has 1 saturated heterocycles. The summed E-state index contributed by atoms with van der Waals surface area (Å²) in [4.78, 5) is 22.9. The van der Waals surface area contributed by atoms with Crippen LogP contribution in [0.4, 0.5) is 4.79 Å². The Balaban J connectivity index is 2.15. The maximum Gasteiger partial charge on any atom is 0.332 e. The Morgan fingerprint density at radius 3 is 2.70 bits per heavy atom. The third kappa shape index (κ3) is 5.34. The van der Waals surface area contributed by atoms with E-state index in [0.717, 1.165) is 19.4 Å². The van der Waals surface area contributed by atoms with E-state index in [4.69, 9.17) is 14.6 Å². The summed E-state index contributed by atoms with van der Waals surface area (Å²) in [5.41, 5.74) is -1.29. The number of carbonyl (C=O) groups excluding carboxylic acids is 1. The third-order valence-corrected chi connectivity index (χ3v) is 3.18. The molecule has 1 fully saturated rings. The largest absolute Gasteiger partial charge is 0.479 e. The van der Waals surface area contributed by atoms with Gasteiger partial charge in [-0.05, 0) is 12.8 Å². The van der Waals surface area contributed by atoms with Gasteiger partial charge in [0.15, 0.2) is 5.54 Å². The van der Waals surface area contributed by atoms with Gasteiger partial charge in [-0.2, -0.15) is 0 Å². The van der Waals surface area contributed by atoms with Gasteiger partial charge in [-0.15, -0.1) is 0 Å². The molecule has 20 heavy (non-hydrogen) atoms. The van der Waals surface area contributed by atoms with Crippen molar-refractivity contribution in [1.29, 1.82) is 0 Å². The summed E-state index contributed by atoms with van der Waals surface area (Å²) in [6.45, 7) is 4.23. The molecule has 1 unspecified atom stereocenters. The Kier molecular flexibility index (Phi) is 7.32. The second-order valence-electron chi connectivity index (χ2n) is 4.89. The number of unbranched alkanes of at least 4 members (excludes halogenated alkanes) is 1. The van der Waals surface area contributed by atoms with Crippen LogP contribution >= 0.6 is 0 Å². The van der Waals surface area contributed by atoms with Gasteiger partial charge < -0.3 is 25.2 Å². The van der Waals surface area contributed by atoms with Crippen molar-refractivity contribution in [3.63, 3.8) is 0 Å². The number of hydrogen-bond donors (Lipinski definition) is 3. The van der Waals surface area contributed by atoms with E-state index in [1.54, 1.807) is 0 Å². The van der Waals surface area contributed by atoms with Gasteiger partial charge in [0, 0.05) is 32.8 Å². The number of rotatable bonds is 9. The average molecular weight is 288 g/mol. The Morgan fingerprint density at radius 1 is 1.35 bits per heavy atom. The molecule has 0 aromatic rings. The van der Waals surface area contributed by atoms with E-state index in [0.29, 0.717) is 26.2 Å². The number of nitrogens with one attached hydrogen (secondary N) is 2. The molecule has 0 radical (unpaired) electrons. The molecule has 7 nitrogen and oxygen atoms in total. The van der Waals surface area contributed by atoms with E-state index in [-0.39, 0.29) is 13.0 Å². The van der Waals surface area contributed by atoms with Gasteiger partial charge in [-0.3, -0.25) is 0 Å². The molecule has 0 saturated carbocycles. The number of carboxylic acid groups (broad SMARTS) is 1. The molecule has 1 aliphatic heterocycles. The highest BCUT2D eigenvalue weighted by Gasteiger charge is 2.43. The fraction of sp³-hybridized carbons (Fsp3) is 0.846. The van der Waals surface area contributed by atoms with E-state index in [1.165, 1.54) is 0 Å². The van der Waals surface area contributed by atoms with E-state index in [2.05, 4.69) is 17.6 Å². The maximum atomic E-state index is 11.7. The standard InChI is InChI=1S/C13H24N2O5/c1-2-3-7-19-8-4-6-14-12(18)15-13(11(16)17)5-9-20-10-13/h2-10H2,1H3,(H,16,17)(H2,14,15,18). The van der Waals surface area contributed by atoms with Gasteiger partial charge in [0.2, 0.25) is 0 Å². The molecule has 116 valence electrons. The second-order valence-corrected chi connectivity index (χ2v) is 4.89. The fourth-order valence-corrected chi connectivity index (χ4v) is 1.87. The second kappa shape index (κ2) is 8.76. The lowest BCUT2D eigenvalue weighted by molar-refractivity contribution is -0.144. The predicted octanol–water partition coefficient (Wildman–Crippen LogP) is 0.736. The molecule has 2 amide bonds. The van der Waals surface area contributed by atoms with Gasteiger partial charge in [-0.25, -0.2) is 9.59 Å². The van der Waals surface area contributed by atoms with Crippen molar-refractivity contribution in [1.82, 2.24) is 10.6 Å². The maximum absolute atomic E-state index is 11.7. The monoisotopic (exact) mass is 288 g/mol. The average Bonchev–Trinajstić information content (AvgIpc) is 2.87. The number of hydrogen-bond acceptors (Lipinski definition) is 4. The van der Waals surface area contributed by atoms with Gasteiger partial charge >= 0.3 is 12.0 Å². The van der Waals surface area contributed by atoms with E-state index >= 15 is 0 Å². The molecule has 7 heteroatoms. The molecule has 3 N–H and O–H groups in total. The van der Waals surface area contributed by atoms with Crippen LogP contribution < -0.4 is 10.6 Å². The quantitative estimate of drug-likeness (QED) is 0.544. The summed E-state index contributed by atoms with van der Waals surface area (Å²) in [7, 11) is 0. The Bertz CT molecular complexity index is 316. The van der Waals surface area contributed by atoms with E-state index in [1.807, 2.05) is 0 Å². The van der Waals surface area contributed by atoms with Gasteiger partial charge in [0.25, 0.3) is 0 Å². The number of carbonyl (C=O) groups is 2. The van der Waals surface area contributed by atoms with Crippen LogP contribution in [0.2, 0.25) is 0 Å². The van der Waals surface area contributed by atoms with Crippen molar-refractivity contribution < 1.29 is 24.2 Å². The zero-order chi connectivity index (χ0) is 14.8. The highest BCUT2D eigenvalue weighted by Crippen LogP contribution is 2.18. The first-order chi connectivity index (χ1) is 9.60. The number of aliphatic carboxylic acids is 1. The topological polar surface area (TPSA) is 96.9 Å². The Labute approximate surface area is 119 Å². The lowest BCUT2D eigenvalue weighted by atomic mass is 9.99. The lowest BCUT2D eigenvalue weighted by Crippen LogP contribution is -2.57. The van der Waals surface area contributed by atoms with Crippen molar-refractivity contribution in [3.8, 4) is 0 Å². The van der Waals surface area contributed by atoms with E-state index < -0.39 is 17.5 Å². The smallest absolute Gasteiger partial charge is 0.332 e. The molecule has 0 spiro atoms. The summed E-state index contributed by atoms with van der Waals surface area (Å²) in [6.07, 6.45) is 3.12. The normalized spacial score (nSPS) is 21.6. The number of ether oxygens (including phenoxy) is 2. The molecule has 0 aliphatic carbocycles. The van der Waals surface area contributed by atoms with Crippen LogP contribution in [0.1, 0.15) is 32.6 Å². The summed E-state index contributed by atoms with van der Waals surface area (Å²) in [5, 5.41) is 14.3. The first-order valence-electron chi connectivity index (χ1n) is 7.05. The first-order valence-corrected chi connectivity index (χ1v) is 7.05. The summed E-state index contributed by atoms with van der Waals surface area (Å²) in [6, 6.07) is -0.480. The minimum absolute atomic E-state index is 0.00980. The third-order valence-electron chi connectivity index (χ3n) is 3.18. The molecule has 1 heterocycles. The minimum Gasteiger partial charge on any atom is -0.479 e. The lowest BCUT2D eigenvalue weighted by Gasteiger charge is -2.23. The van der Waals surface area contributed by atoms with Crippen LogP contribution in [0.25, 0.3) is 0 Å². The molecular formula is C13H24N2O5. The molecule has 0 aromatic heterocycles. The predicted molar refractivity (Wildman–Crippen MR) is 72.7 cm³/mol. The van der Waals surface area contributed by atoms with Crippen molar-refractivity contribution >= 4 is 12.0 Å². The number of carboxylic acids is 1. The first kappa shape index (κ1) is 16.7. The van der Waals surface area contributed by atoms with Crippen LogP contribution in [0.3, 0.4) is 0 Å². The van der Waals surface area contributed by atoms with Crippen molar-refractivity contribution in [2.24, 2.45) is 0 Å². The van der Waals surface area contributed by atoms with Crippen LogP contribution in [0.5, 0.6) is 0 Å². The van der Waals surface area contributed by atoms with Crippen molar-refractivity contribution in [2.45, 2.75) is 38.1 Å². The molecule has 1 aliphatic rings. The summed E-state index contributed by atoms with van der Waals surface area (Å²) >= 11 is 0. The van der Waals surface area contributed by atoms with Crippen LogP contribution in [0, 0.1) is 0 Å². The Hall–Kier alpha value is -1.34. The minimum atomic E-state index is -1.29. The van der Waals surface area contributed by atoms with Gasteiger partial charge in [0.1, 0.15) is 0 Å². The molecule has 1 rings (SSSR count). The van der Waals surface area contributed by atoms with E-state index in [9.17, 15) is 9.59 Å². The number of amides is 2. The van der Waals surface area contributed by atoms with Crippen molar-refractivity contribution in [2.75, 3.05) is 33.0 Å². The zero-order valence-corrected chi connectivity index (χ0v) is 11.9. The zero-order valence-electron chi connectivity index (χ0n) is 11.9. The van der Waals surface area contributed by atoms with Gasteiger partial charge in [0.05, 0.1) is 6.61 Å². The van der Waals surface area contributed by atoms with Crippen LogP contribution in [0.15, 0.2) is 0 Å². The molecule has 0 bridgehead atoms. The molecule has 1 atom stereocenters. The SMILES string of the molecule is CCCCOCCCNC(=O)NC1(C(=O)O)CCOC1. The van der Waals surface area contributed by atoms with Crippen LogP contribution in [-0.4, -0.2) is 55.6 Å². The Morgan fingerprint density at radius 2 is 2.10 bits per heavy atom. The molecular weight excluding hydrogens is 264 g/mol. The van der Waals surface area contributed by atoms with Crippen LogP contribution in [-0.2, 0) is 14.3 Å². The summed E-state index contributed by atoms with van der Waals surface area (Å²) in [5.74, 6) is -1.06. The highest BCUT2D eigenvalue weighted by atomic mass is 16.5. The van der Waals surface area contributed by atoms with Gasteiger partial charge in [-0.1, -0.05) is 13.3 Å².